The Balaban J connectivity index is 1.65. The van der Waals surface area contributed by atoms with Gasteiger partial charge in [-0.25, -0.2) is 0 Å². The van der Waals surface area contributed by atoms with E-state index in [-0.39, 0.29) is 6.04 Å². The van der Waals surface area contributed by atoms with E-state index in [0.717, 1.165) is 17.7 Å². The van der Waals surface area contributed by atoms with Crippen LogP contribution in [0.3, 0.4) is 0 Å². The molecule has 0 spiro atoms. The first kappa shape index (κ1) is 13.0. The van der Waals surface area contributed by atoms with Crippen molar-refractivity contribution < 1.29 is 4.52 Å². The van der Waals surface area contributed by atoms with Gasteiger partial charge in [0.15, 0.2) is 5.82 Å². The van der Waals surface area contributed by atoms with Crippen molar-refractivity contribution in [1.29, 1.82) is 0 Å². The molecular weight excluding hydrogens is 270 g/mol. The van der Waals surface area contributed by atoms with Gasteiger partial charge in [0.1, 0.15) is 6.04 Å². The minimum absolute atomic E-state index is 0.326. The van der Waals surface area contributed by atoms with Gasteiger partial charge in [0.2, 0.25) is 5.89 Å². The van der Waals surface area contributed by atoms with E-state index >= 15 is 0 Å². The Labute approximate surface area is 121 Å². The van der Waals surface area contributed by atoms with Crippen LogP contribution in [0.5, 0.6) is 0 Å². The fourth-order valence-corrected chi connectivity index (χ4v) is 2.70. The molecule has 20 heavy (non-hydrogen) atoms. The number of thiophene rings is 1. The van der Waals surface area contributed by atoms with Gasteiger partial charge in [0.25, 0.3) is 0 Å². The molecule has 0 amide bonds. The molecule has 0 aliphatic rings. The lowest BCUT2D eigenvalue weighted by molar-refractivity contribution is 0.363. The smallest absolute Gasteiger partial charge is 0.248 e. The SMILES string of the molecule is NC(c1nc(CCc2ccccc2)no1)c1cccs1. The summed E-state index contributed by atoms with van der Waals surface area (Å²) in [7, 11) is 0. The van der Waals surface area contributed by atoms with Gasteiger partial charge in [-0.2, -0.15) is 4.98 Å². The normalized spacial score (nSPS) is 12.4. The maximum atomic E-state index is 6.10. The summed E-state index contributed by atoms with van der Waals surface area (Å²) < 4.78 is 5.26. The highest BCUT2D eigenvalue weighted by Gasteiger charge is 2.17. The van der Waals surface area contributed by atoms with Crippen molar-refractivity contribution in [1.82, 2.24) is 10.1 Å². The van der Waals surface area contributed by atoms with E-state index in [1.807, 2.05) is 35.7 Å². The summed E-state index contributed by atoms with van der Waals surface area (Å²) in [6.07, 6.45) is 1.65. The fourth-order valence-electron chi connectivity index (χ4n) is 1.99. The highest BCUT2D eigenvalue weighted by Crippen LogP contribution is 2.22. The Morgan fingerprint density at radius 2 is 1.95 bits per heavy atom. The zero-order chi connectivity index (χ0) is 13.8. The highest BCUT2D eigenvalue weighted by atomic mass is 32.1. The van der Waals surface area contributed by atoms with Crippen LogP contribution in [0.15, 0.2) is 52.4 Å². The zero-order valence-corrected chi connectivity index (χ0v) is 11.7. The summed E-state index contributed by atoms with van der Waals surface area (Å²) in [5.41, 5.74) is 7.36. The van der Waals surface area contributed by atoms with Gasteiger partial charge in [-0.1, -0.05) is 41.6 Å². The number of nitrogens with zero attached hydrogens (tertiary/aromatic N) is 2. The standard InChI is InChI=1S/C15H15N3OS/c16-14(12-7-4-10-20-12)15-17-13(18-19-15)9-8-11-5-2-1-3-6-11/h1-7,10,14H,8-9,16H2. The molecule has 5 heteroatoms. The highest BCUT2D eigenvalue weighted by molar-refractivity contribution is 7.10. The van der Waals surface area contributed by atoms with Crippen LogP contribution in [0.25, 0.3) is 0 Å². The van der Waals surface area contributed by atoms with Crippen LogP contribution < -0.4 is 5.73 Å². The molecule has 1 atom stereocenters. The number of hydrogen-bond donors (Lipinski definition) is 1. The number of benzene rings is 1. The Kier molecular flexibility index (Phi) is 3.90. The third kappa shape index (κ3) is 2.95. The summed E-state index contributed by atoms with van der Waals surface area (Å²) in [6, 6.07) is 13.9. The molecule has 1 aromatic carbocycles. The lowest BCUT2D eigenvalue weighted by Crippen LogP contribution is -2.10. The molecule has 0 aliphatic heterocycles. The van der Waals surface area contributed by atoms with Crippen LogP contribution in [0.2, 0.25) is 0 Å². The molecule has 0 saturated heterocycles. The first-order valence-corrected chi connectivity index (χ1v) is 7.36. The van der Waals surface area contributed by atoms with Crippen molar-refractivity contribution in [2.45, 2.75) is 18.9 Å². The molecule has 2 heterocycles. The molecule has 0 bridgehead atoms. The number of aryl methyl sites for hydroxylation is 2. The minimum Gasteiger partial charge on any atom is -0.337 e. The van der Waals surface area contributed by atoms with Gasteiger partial charge in [0.05, 0.1) is 0 Å². The van der Waals surface area contributed by atoms with Crippen LogP contribution in [-0.4, -0.2) is 10.1 Å². The monoisotopic (exact) mass is 285 g/mol. The summed E-state index contributed by atoms with van der Waals surface area (Å²) in [5.74, 6) is 1.19. The molecule has 1 unspecified atom stereocenters. The van der Waals surface area contributed by atoms with E-state index in [9.17, 15) is 0 Å². The second-order valence-electron chi connectivity index (χ2n) is 4.53. The van der Waals surface area contributed by atoms with Crippen LogP contribution in [0, 0.1) is 0 Å². The number of rotatable bonds is 5. The molecule has 4 nitrogen and oxygen atoms in total. The fraction of sp³-hybridized carbons (Fsp3) is 0.200. The summed E-state index contributed by atoms with van der Waals surface area (Å²) in [4.78, 5) is 5.42. The third-order valence-corrected chi connectivity index (χ3v) is 4.04. The first-order valence-electron chi connectivity index (χ1n) is 6.48. The lowest BCUT2D eigenvalue weighted by Gasteiger charge is -2.01. The Morgan fingerprint density at radius 3 is 2.70 bits per heavy atom. The van der Waals surface area contributed by atoms with Crippen molar-refractivity contribution in [3.63, 3.8) is 0 Å². The maximum Gasteiger partial charge on any atom is 0.248 e. The van der Waals surface area contributed by atoms with Gasteiger partial charge >= 0.3 is 0 Å². The summed E-state index contributed by atoms with van der Waals surface area (Å²) in [6.45, 7) is 0. The molecule has 0 fully saturated rings. The number of aromatic nitrogens is 2. The van der Waals surface area contributed by atoms with Gasteiger partial charge in [-0.3, -0.25) is 0 Å². The second-order valence-corrected chi connectivity index (χ2v) is 5.51. The van der Waals surface area contributed by atoms with E-state index in [4.69, 9.17) is 10.3 Å². The predicted octanol–water partition coefficient (Wildman–Crippen LogP) is 2.96. The molecule has 3 aromatic rings. The van der Waals surface area contributed by atoms with Gasteiger partial charge in [-0.05, 0) is 23.4 Å². The molecule has 102 valence electrons. The van der Waals surface area contributed by atoms with Crippen LogP contribution >= 0.6 is 11.3 Å². The topological polar surface area (TPSA) is 64.9 Å². The van der Waals surface area contributed by atoms with E-state index in [1.165, 1.54) is 5.56 Å². The van der Waals surface area contributed by atoms with Crippen molar-refractivity contribution >= 4 is 11.3 Å². The van der Waals surface area contributed by atoms with Crippen LogP contribution in [-0.2, 0) is 12.8 Å². The summed E-state index contributed by atoms with van der Waals surface area (Å²) >= 11 is 1.59. The average Bonchev–Trinajstić information content (AvgIpc) is 3.17. The van der Waals surface area contributed by atoms with Crippen molar-refractivity contribution in [3.05, 3.63) is 70.0 Å². The molecule has 3 rings (SSSR count). The predicted molar refractivity (Wildman–Crippen MR) is 78.5 cm³/mol. The second kappa shape index (κ2) is 5.98. The zero-order valence-electron chi connectivity index (χ0n) is 10.9. The van der Waals surface area contributed by atoms with E-state index < -0.39 is 0 Å². The Hall–Kier alpha value is -1.98. The van der Waals surface area contributed by atoms with Gasteiger partial charge in [0, 0.05) is 11.3 Å². The minimum atomic E-state index is -0.326. The molecular formula is C15H15N3OS. The van der Waals surface area contributed by atoms with E-state index in [2.05, 4.69) is 22.3 Å². The quantitative estimate of drug-likeness (QED) is 0.782. The maximum absolute atomic E-state index is 6.10. The molecule has 0 radical (unpaired) electrons. The third-order valence-electron chi connectivity index (χ3n) is 3.08. The Morgan fingerprint density at radius 1 is 1.10 bits per heavy atom. The van der Waals surface area contributed by atoms with Gasteiger partial charge < -0.3 is 10.3 Å². The van der Waals surface area contributed by atoms with E-state index in [1.54, 1.807) is 11.3 Å². The average molecular weight is 285 g/mol. The lowest BCUT2D eigenvalue weighted by atomic mass is 10.1. The van der Waals surface area contributed by atoms with E-state index in [0.29, 0.717) is 11.7 Å². The molecule has 2 N–H and O–H groups in total. The van der Waals surface area contributed by atoms with Crippen molar-refractivity contribution in [2.24, 2.45) is 5.73 Å². The molecule has 0 aliphatic carbocycles. The van der Waals surface area contributed by atoms with Crippen molar-refractivity contribution in [3.8, 4) is 0 Å². The van der Waals surface area contributed by atoms with Gasteiger partial charge in [-0.15, -0.1) is 11.3 Å². The molecule has 2 aromatic heterocycles. The molecule has 0 saturated carbocycles. The first-order chi connectivity index (χ1) is 9.83. The summed E-state index contributed by atoms with van der Waals surface area (Å²) in [5, 5.41) is 5.99. The largest absolute Gasteiger partial charge is 0.337 e. The Bertz CT molecular complexity index is 649. The number of nitrogens with two attached hydrogens (primary N) is 1. The van der Waals surface area contributed by atoms with Crippen LogP contribution in [0.4, 0.5) is 0 Å². The van der Waals surface area contributed by atoms with Crippen LogP contribution in [0.1, 0.15) is 28.2 Å². The number of hydrogen-bond acceptors (Lipinski definition) is 5. The van der Waals surface area contributed by atoms with Crippen molar-refractivity contribution in [2.75, 3.05) is 0 Å².